The van der Waals surface area contributed by atoms with Crippen molar-refractivity contribution in [1.82, 2.24) is 14.7 Å². The number of hydrogen-bond acceptors (Lipinski definition) is 4. The van der Waals surface area contributed by atoms with Crippen molar-refractivity contribution >= 4 is 5.69 Å². The van der Waals surface area contributed by atoms with E-state index in [4.69, 9.17) is 0 Å². The summed E-state index contributed by atoms with van der Waals surface area (Å²) in [7, 11) is 2.24. The minimum Gasteiger partial charge on any atom is -0.372 e. The summed E-state index contributed by atoms with van der Waals surface area (Å²) >= 11 is 0. The SMILES string of the molecule is CN1CCN(CC2CCN(c3ccc(CN4CCCC4)cc3)CC2)CC1. The third-order valence-electron chi connectivity index (χ3n) is 6.63. The molecule has 0 aliphatic carbocycles. The minimum atomic E-state index is 0.893. The Bertz CT molecular complexity index is 536. The third-order valence-corrected chi connectivity index (χ3v) is 6.63. The van der Waals surface area contributed by atoms with Crippen molar-refractivity contribution < 1.29 is 0 Å². The van der Waals surface area contributed by atoms with Crippen LogP contribution in [0.4, 0.5) is 5.69 Å². The van der Waals surface area contributed by atoms with E-state index < -0.39 is 0 Å². The predicted octanol–water partition coefficient (Wildman–Crippen LogP) is 2.75. The maximum absolute atomic E-state index is 2.69. The first kappa shape index (κ1) is 18.3. The molecule has 3 saturated heterocycles. The lowest BCUT2D eigenvalue weighted by Crippen LogP contribution is -2.47. The van der Waals surface area contributed by atoms with Gasteiger partial charge in [0.15, 0.2) is 0 Å². The fraction of sp³-hybridized carbons (Fsp3) is 0.727. The lowest BCUT2D eigenvalue weighted by atomic mass is 9.95. The second-order valence-corrected chi connectivity index (χ2v) is 8.68. The number of anilines is 1. The van der Waals surface area contributed by atoms with Gasteiger partial charge < -0.3 is 14.7 Å². The molecule has 0 radical (unpaired) electrons. The number of piperazine rings is 1. The number of benzene rings is 1. The smallest absolute Gasteiger partial charge is 0.0366 e. The van der Waals surface area contributed by atoms with E-state index >= 15 is 0 Å². The molecule has 4 heteroatoms. The van der Waals surface area contributed by atoms with Crippen molar-refractivity contribution in [2.24, 2.45) is 5.92 Å². The van der Waals surface area contributed by atoms with Gasteiger partial charge in [0.2, 0.25) is 0 Å². The van der Waals surface area contributed by atoms with Crippen LogP contribution in [0.1, 0.15) is 31.2 Å². The van der Waals surface area contributed by atoms with E-state index in [-0.39, 0.29) is 0 Å². The van der Waals surface area contributed by atoms with Gasteiger partial charge in [-0.15, -0.1) is 0 Å². The molecular formula is C22H36N4. The molecule has 0 amide bonds. The van der Waals surface area contributed by atoms with Gasteiger partial charge in [-0.1, -0.05) is 12.1 Å². The Balaban J connectivity index is 1.22. The Morgan fingerprint density at radius 1 is 0.769 bits per heavy atom. The van der Waals surface area contributed by atoms with Gasteiger partial charge in [-0.2, -0.15) is 0 Å². The largest absolute Gasteiger partial charge is 0.372 e. The molecule has 4 nitrogen and oxygen atoms in total. The molecule has 0 spiro atoms. The number of hydrogen-bond donors (Lipinski definition) is 0. The molecule has 0 saturated carbocycles. The van der Waals surface area contributed by atoms with Crippen molar-refractivity contribution in [2.45, 2.75) is 32.2 Å². The van der Waals surface area contributed by atoms with Gasteiger partial charge >= 0.3 is 0 Å². The van der Waals surface area contributed by atoms with Crippen molar-refractivity contribution in [3.8, 4) is 0 Å². The highest BCUT2D eigenvalue weighted by molar-refractivity contribution is 5.48. The van der Waals surface area contributed by atoms with Gasteiger partial charge in [-0.3, -0.25) is 4.90 Å². The number of rotatable bonds is 5. The summed E-state index contributed by atoms with van der Waals surface area (Å²) in [6, 6.07) is 9.41. The Labute approximate surface area is 159 Å². The first-order valence-corrected chi connectivity index (χ1v) is 10.7. The molecule has 3 aliphatic rings. The maximum Gasteiger partial charge on any atom is 0.0366 e. The first-order chi connectivity index (χ1) is 12.8. The van der Waals surface area contributed by atoms with Crippen molar-refractivity contribution in [3.05, 3.63) is 29.8 Å². The second-order valence-electron chi connectivity index (χ2n) is 8.68. The van der Waals surface area contributed by atoms with E-state index in [2.05, 4.69) is 50.9 Å². The molecule has 0 aromatic heterocycles. The van der Waals surface area contributed by atoms with Crippen LogP contribution in [0.15, 0.2) is 24.3 Å². The van der Waals surface area contributed by atoms with E-state index in [1.54, 1.807) is 0 Å². The van der Waals surface area contributed by atoms with E-state index in [0.717, 1.165) is 12.5 Å². The fourth-order valence-electron chi connectivity index (χ4n) is 4.78. The summed E-state index contributed by atoms with van der Waals surface area (Å²) < 4.78 is 0. The maximum atomic E-state index is 2.69. The van der Waals surface area contributed by atoms with E-state index in [9.17, 15) is 0 Å². The highest BCUT2D eigenvalue weighted by Crippen LogP contribution is 2.25. The van der Waals surface area contributed by atoms with Gasteiger partial charge in [0, 0.05) is 58.0 Å². The van der Waals surface area contributed by atoms with Crippen molar-refractivity contribution in [3.63, 3.8) is 0 Å². The van der Waals surface area contributed by atoms with Crippen LogP contribution in [0, 0.1) is 5.92 Å². The highest BCUT2D eigenvalue weighted by atomic mass is 15.2. The summed E-state index contributed by atoms with van der Waals surface area (Å²) in [4.78, 5) is 10.3. The van der Waals surface area contributed by atoms with Crippen LogP contribution in [0.2, 0.25) is 0 Å². The van der Waals surface area contributed by atoms with Crippen LogP contribution in [-0.4, -0.2) is 80.7 Å². The zero-order valence-electron chi connectivity index (χ0n) is 16.6. The Morgan fingerprint density at radius 2 is 1.42 bits per heavy atom. The molecule has 144 valence electrons. The fourth-order valence-corrected chi connectivity index (χ4v) is 4.78. The molecule has 3 heterocycles. The van der Waals surface area contributed by atoms with Crippen LogP contribution in [0.25, 0.3) is 0 Å². The molecule has 4 rings (SSSR count). The minimum absolute atomic E-state index is 0.893. The van der Waals surface area contributed by atoms with Gasteiger partial charge in [0.05, 0.1) is 0 Å². The van der Waals surface area contributed by atoms with E-state index in [1.807, 2.05) is 0 Å². The Hall–Kier alpha value is -1.10. The third kappa shape index (κ3) is 4.79. The zero-order valence-corrected chi connectivity index (χ0v) is 16.6. The van der Waals surface area contributed by atoms with Crippen LogP contribution in [0.5, 0.6) is 0 Å². The second kappa shape index (κ2) is 8.73. The zero-order chi connectivity index (χ0) is 17.8. The van der Waals surface area contributed by atoms with Crippen molar-refractivity contribution in [1.29, 1.82) is 0 Å². The molecule has 3 fully saturated rings. The topological polar surface area (TPSA) is 13.0 Å². The molecule has 0 atom stereocenters. The monoisotopic (exact) mass is 356 g/mol. The molecule has 0 unspecified atom stereocenters. The number of likely N-dealkylation sites (tertiary alicyclic amines) is 1. The van der Waals surface area contributed by atoms with E-state index in [1.165, 1.54) is 95.8 Å². The average Bonchev–Trinajstić information content (AvgIpc) is 3.18. The lowest BCUT2D eigenvalue weighted by molar-refractivity contribution is 0.129. The lowest BCUT2D eigenvalue weighted by Gasteiger charge is -2.38. The van der Waals surface area contributed by atoms with Gasteiger partial charge in [0.25, 0.3) is 0 Å². The van der Waals surface area contributed by atoms with Gasteiger partial charge in [0.1, 0.15) is 0 Å². The van der Waals surface area contributed by atoms with Gasteiger partial charge in [-0.25, -0.2) is 0 Å². The van der Waals surface area contributed by atoms with E-state index in [0.29, 0.717) is 0 Å². The summed E-state index contributed by atoms with van der Waals surface area (Å²) in [5.74, 6) is 0.893. The van der Waals surface area contributed by atoms with Crippen LogP contribution in [-0.2, 0) is 6.54 Å². The molecule has 0 N–H and O–H groups in total. The number of nitrogens with zero attached hydrogens (tertiary/aromatic N) is 4. The van der Waals surface area contributed by atoms with Crippen LogP contribution in [0.3, 0.4) is 0 Å². The molecule has 0 bridgehead atoms. The summed E-state index contributed by atoms with van der Waals surface area (Å²) in [6.07, 6.45) is 5.45. The quantitative estimate of drug-likeness (QED) is 0.804. The predicted molar refractivity (Wildman–Crippen MR) is 110 cm³/mol. The normalized spacial score (nSPS) is 24.4. The standard InChI is InChI=1S/C22H36N4/c1-23-14-16-25(17-15-23)19-21-8-12-26(13-9-21)22-6-4-20(5-7-22)18-24-10-2-3-11-24/h4-7,21H,2-3,8-19H2,1H3. The summed E-state index contributed by atoms with van der Waals surface area (Å²) in [5.41, 5.74) is 2.90. The molecule has 3 aliphatic heterocycles. The molecular weight excluding hydrogens is 320 g/mol. The molecule has 1 aromatic carbocycles. The van der Waals surface area contributed by atoms with Crippen molar-refractivity contribution in [2.75, 3.05) is 70.9 Å². The average molecular weight is 357 g/mol. The molecule has 26 heavy (non-hydrogen) atoms. The summed E-state index contributed by atoms with van der Waals surface area (Å²) in [5, 5.41) is 0. The number of likely N-dealkylation sites (N-methyl/N-ethyl adjacent to an activating group) is 1. The Morgan fingerprint density at radius 3 is 2.08 bits per heavy atom. The Kier molecular flexibility index (Phi) is 6.13. The number of piperidine rings is 1. The molecule has 1 aromatic rings. The van der Waals surface area contributed by atoms with Crippen LogP contribution >= 0.6 is 0 Å². The van der Waals surface area contributed by atoms with Crippen LogP contribution < -0.4 is 4.90 Å². The summed E-state index contributed by atoms with van der Waals surface area (Å²) in [6.45, 7) is 12.5. The van der Waals surface area contributed by atoms with Gasteiger partial charge in [-0.05, 0) is 69.4 Å². The highest BCUT2D eigenvalue weighted by Gasteiger charge is 2.23. The first-order valence-electron chi connectivity index (χ1n) is 10.7.